The van der Waals surface area contributed by atoms with Gasteiger partial charge in [-0.1, -0.05) is 25.0 Å². The predicted octanol–water partition coefficient (Wildman–Crippen LogP) is 4.34. The molecule has 3 fully saturated rings. The molecular weight excluding hydrogens is 488 g/mol. The van der Waals surface area contributed by atoms with Crippen LogP contribution in [0, 0.1) is 11.8 Å². The summed E-state index contributed by atoms with van der Waals surface area (Å²) in [5.41, 5.74) is -0.440. The zero-order valence-corrected chi connectivity index (χ0v) is 24.0. The van der Waals surface area contributed by atoms with Gasteiger partial charge in [0.1, 0.15) is 6.04 Å². The number of nitrogens with zero attached hydrogens (tertiary/aromatic N) is 2. The van der Waals surface area contributed by atoms with Crippen LogP contribution in [0.15, 0.2) is 25.3 Å². The fraction of sp³-hybridized carbons (Fsp3) is 0.759. The Labute approximate surface area is 227 Å². The number of ether oxygens (including phenoxy) is 1. The molecule has 7 nitrogen and oxygen atoms in total. The summed E-state index contributed by atoms with van der Waals surface area (Å²) in [5.74, 6) is -1.57. The maximum absolute atomic E-state index is 14.3. The Kier molecular flexibility index (Phi) is 9.60. The van der Waals surface area contributed by atoms with E-state index in [2.05, 4.69) is 20.1 Å². The lowest BCUT2D eigenvalue weighted by atomic mass is 9.66. The van der Waals surface area contributed by atoms with Crippen molar-refractivity contribution in [1.82, 2.24) is 9.80 Å². The zero-order chi connectivity index (χ0) is 27.4. The fourth-order valence-electron chi connectivity index (χ4n) is 6.51. The van der Waals surface area contributed by atoms with Crippen LogP contribution in [-0.2, 0) is 19.1 Å². The number of likely N-dealkylation sites (tertiary alicyclic amines) is 1. The minimum Gasteiger partial charge on any atom is -0.465 e. The van der Waals surface area contributed by atoms with Crippen LogP contribution in [0.3, 0.4) is 0 Å². The first-order valence-electron chi connectivity index (χ1n) is 13.8. The van der Waals surface area contributed by atoms with E-state index in [4.69, 9.17) is 9.84 Å². The van der Waals surface area contributed by atoms with Crippen molar-refractivity contribution in [3.8, 4) is 0 Å². The number of unbranched alkanes of at least 4 members (excludes halogenated alkanes) is 4. The minimum atomic E-state index is -0.635. The third-order valence-electron chi connectivity index (χ3n) is 8.26. The number of carbonyl (C=O) groups excluding carboxylic acids is 3. The van der Waals surface area contributed by atoms with Crippen molar-refractivity contribution in [3.63, 3.8) is 0 Å². The van der Waals surface area contributed by atoms with Crippen molar-refractivity contribution in [2.75, 3.05) is 26.3 Å². The lowest BCUT2D eigenvalue weighted by Gasteiger charge is -2.42. The van der Waals surface area contributed by atoms with Crippen molar-refractivity contribution in [3.05, 3.63) is 25.3 Å². The number of carbonyl (C=O) groups is 3. The standard InChI is InChI=1S/C29H46N2O5S/c1-7-9-14-20-36-26(35)22-21-24(33)30(18-12-10-11-13-19-32)23(29(21)16-15-28(22,6)37-29)25(34)31(17-8-2)27(3,4)5/h7-8,21-23,32H,1-2,9-20H2,3-6H3/t21-,22-,23?,28+,29?/m0/s1. The van der Waals surface area contributed by atoms with Gasteiger partial charge in [-0.2, -0.15) is 0 Å². The molecule has 37 heavy (non-hydrogen) atoms. The molecule has 3 rings (SSSR count). The Balaban J connectivity index is 1.96. The Morgan fingerprint density at radius 3 is 2.49 bits per heavy atom. The normalized spacial score (nSPS) is 30.4. The second kappa shape index (κ2) is 11.9. The highest BCUT2D eigenvalue weighted by molar-refractivity contribution is 8.02. The van der Waals surface area contributed by atoms with Crippen molar-refractivity contribution in [2.45, 2.75) is 100 Å². The van der Waals surface area contributed by atoms with Gasteiger partial charge in [0.2, 0.25) is 11.8 Å². The maximum Gasteiger partial charge on any atom is 0.311 e. The van der Waals surface area contributed by atoms with Gasteiger partial charge in [0.05, 0.1) is 23.2 Å². The molecular formula is C29H46N2O5S. The lowest BCUT2D eigenvalue weighted by Crippen LogP contribution is -2.58. The first-order chi connectivity index (χ1) is 17.5. The summed E-state index contributed by atoms with van der Waals surface area (Å²) in [5, 5.41) is 9.12. The number of thioether (sulfide) groups is 1. The van der Waals surface area contributed by atoms with Crippen molar-refractivity contribution in [1.29, 1.82) is 0 Å². The quantitative estimate of drug-likeness (QED) is 0.203. The summed E-state index contributed by atoms with van der Waals surface area (Å²) in [6.45, 7) is 17.0. The first kappa shape index (κ1) is 29.8. The van der Waals surface area contributed by atoms with Crippen LogP contribution in [0.1, 0.15) is 79.1 Å². The smallest absolute Gasteiger partial charge is 0.311 e. The van der Waals surface area contributed by atoms with E-state index in [1.165, 1.54) is 0 Å². The predicted molar refractivity (Wildman–Crippen MR) is 148 cm³/mol. The monoisotopic (exact) mass is 534 g/mol. The summed E-state index contributed by atoms with van der Waals surface area (Å²) < 4.78 is 4.63. The van der Waals surface area contributed by atoms with Gasteiger partial charge in [0.15, 0.2) is 0 Å². The second-order valence-corrected chi connectivity index (χ2v) is 13.8. The van der Waals surface area contributed by atoms with E-state index in [0.717, 1.165) is 44.9 Å². The van der Waals surface area contributed by atoms with Gasteiger partial charge in [-0.15, -0.1) is 24.9 Å². The third-order valence-corrected chi connectivity index (χ3v) is 10.2. The number of aliphatic hydroxyl groups is 1. The highest BCUT2D eigenvalue weighted by Crippen LogP contribution is 2.71. The summed E-state index contributed by atoms with van der Waals surface area (Å²) in [6.07, 6.45) is 9.76. The molecule has 2 unspecified atom stereocenters. The number of hydrogen-bond donors (Lipinski definition) is 1. The van der Waals surface area contributed by atoms with Crippen molar-refractivity contribution in [2.24, 2.45) is 11.8 Å². The third kappa shape index (κ3) is 5.65. The second-order valence-electron chi connectivity index (χ2n) is 11.9. The SMILES string of the molecule is C=CCCCOC(=O)[C@@H]1[C@H]2C(=O)N(CCCCCCO)C(C(=O)N(CC=C)C(C)(C)C)C23CC[C@@]1(C)S3. The number of amides is 2. The number of fused-ring (bicyclic) bond motifs is 1. The molecule has 0 aliphatic carbocycles. The molecule has 3 aliphatic rings. The summed E-state index contributed by atoms with van der Waals surface area (Å²) in [6, 6.07) is -0.618. The Bertz CT molecular complexity index is 886. The molecule has 3 aliphatic heterocycles. The van der Waals surface area contributed by atoms with Crippen molar-refractivity contribution >= 4 is 29.5 Å². The maximum atomic E-state index is 14.3. The molecule has 2 amide bonds. The highest BCUT2D eigenvalue weighted by atomic mass is 32.2. The van der Waals surface area contributed by atoms with Crippen LogP contribution in [0.5, 0.6) is 0 Å². The average molecular weight is 535 g/mol. The summed E-state index contributed by atoms with van der Waals surface area (Å²) in [4.78, 5) is 45.5. The minimum absolute atomic E-state index is 0.0599. The summed E-state index contributed by atoms with van der Waals surface area (Å²) in [7, 11) is 0. The Hall–Kier alpha value is -1.80. The van der Waals surface area contributed by atoms with E-state index in [-0.39, 0.29) is 24.4 Å². The topological polar surface area (TPSA) is 87.1 Å². The van der Waals surface area contributed by atoms with Gasteiger partial charge in [0, 0.05) is 30.0 Å². The molecule has 1 N–H and O–H groups in total. The van der Waals surface area contributed by atoms with E-state index < -0.39 is 32.9 Å². The van der Waals surface area contributed by atoms with Gasteiger partial charge >= 0.3 is 5.97 Å². The Morgan fingerprint density at radius 1 is 1.16 bits per heavy atom. The zero-order valence-electron chi connectivity index (χ0n) is 23.2. The highest BCUT2D eigenvalue weighted by Gasteiger charge is 2.77. The number of aliphatic hydroxyl groups excluding tert-OH is 1. The van der Waals surface area contributed by atoms with Gasteiger partial charge < -0.3 is 19.6 Å². The van der Waals surface area contributed by atoms with E-state index in [1.54, 1.807) is 28.8 Å². The average Bonchev–Trinajstić information content (AvgIpc) is 3.40. The van der Waals surface area contributed by atoms with Gasteiger partial charge in [-0.05, 0) is 66.2 Å². The van der Waals surface area contributed by atoms with Crippen LogP contribution in [0.25, 0.3) is 0 Å². The number of hydrogen-bond acceptors (Lipinski definition) is 6. The fourth-order valence-corrected chi connectivity index (χ4v) is 8.85. The van der Waals surface area contributed by atoms with Crippen LogP contribution in [0.2, 0.25) is 0 Å². The molecule has 0 aromatic heterocycles. The molecule has 208 valence electrons. The van der Waals surface area contributed by atoms with Gasteiger partial charge in [0.25, 0.3) is 0 Å². The van der Waals surface area contributed by atoms with Crippen LogP contribution in [0.4, 0.5) is 0 Å². The summed E-state index contributed by atoms with van der Waals surface area (Å²) >= 11 is 1.68. The molecule has 1 spiro atoms. The lowest BCUT2D eigenvalue weighted by molar-refractivity contribution is -0.155. The molecule has 0 aromatic carbocycles. The number of esters is 1. The molecule has 2 bridgehead atoms. The molecule has 3 saturated heterocycles. The molecule has 3 heterocycles. The first-order valence-corrected chi connectivity index (χ1v) is 14.6. The molecule has 8 heteroatoms. The molecule has 0 aromatic rings. The number of rotatable bonds is 14. The largest absolute Gasteiger partial charge is 0.465 e. The van der Waals surface area contributed by atoms with Gasteiger partial charge in [-0.3, -0.25) is 14.4 Å². The van der Waals surface area contributed by atoms with E-state index in [9.17, 15) is 14.4 Å². The molecule has 5 atom stereocenters. The van der Waals surface area contributed by atoms with E-state index >= 15 is 0 Å². The van der Waals surface area contributed by atoms with Crippen molar-refractivity contribution < 1.29 is 24.2 Å². The van der Waals surface area contributed by atoms with E-state index in [0.29, 0.717) is 26.1 Å². The van der Waals surface area contributed by atoms with Gasteiger partial charge in [-0.25, -0.2) is 0 Å². The van der Waals surface area contributed by atoms with Crippen LogP contribution in [-0.4, -0.2) is 80.1 Å². The molecule has 0 saturated carbocycles. The molecule has 0 radical (unpaired) electrons. The van der Waals surface area contributed by atoms with Crippen LogP contribution < -0.4 is 0 Å². The van der Waals surface area contributed by atoms with Crippen LogP contribution >= 0.6 is 11.8 Å². The van der Waals surface area contributed by atoms with E-state index in [1.807, 2.05) is 25.7 Å². The number of allylic oxidation sites excluding steroid dienone is 1. The Morgan fingerprint density at radius 2 is 1.86 bits per heavy atom.